The van der Waals surface area contributed by atoms with Crippen LogP contribution in [0.4, 0.5) is 0 Å². The number of hydrogen-bond donors (Lipinski definition) is 2. The maximum Gasteiger partial charge on any atom is 0.302 e. The lowest BCUT2D eigenvalue weighted by molar-refractivity contribution is -0.236. The highest BCUT2D eigenvalue weighted by atomic mass is 16.7. The van der Waals surface area contributed by atoms with Crippen LogP contribution < -0.4 is 5.73 Å². The summed E-state index contributed by atoms with van der Waals surface area (Å²) in [7, 11) is 0. The first-order valence-electron chi connectivity index (χ1n) is 8.04. The van der Waals surface area contributed by atoms with Gasteiger partial charge in [0.15, 0.2) is 6.29 Å². The second-order valence-corrected chi connectivity index (χ2v) is 5.41. The summed E-state index contributed by atoms with van der Waals surface area (Å²) in [6.07, 6.45) is -0.657. The number of hydrogen-bond acceptors (Lipinski definition) is 8. The summed E-state index contributed by atoms with van der Waals surface area (Å²) in [6, 6.07) is -0.642. The van der Waals surface area contributed by atoms with Crippen molar-refractivity contribution in [1.29, 1.82) is 0 Å². The third kappa shape index (κ3) is 8.59. The van der Waals surface area contributed by atoms with Gasteiger partial charge in [-0.05, 0) is 6.42 Å². The Hall–Kier alpha value is -0.770. The van der Waals surface area contributed by atoms with Crippen molar-refractivity contribution >= 4 is 5.97 Å². The van der Waals surface area contributed by atoms with Crippen LogP contribution in [-0.2, 0) is 28.5 Å². The summed E-state index contributed by atoms with van der Waals surface area (Å²) in [5.41, 5.74) is 5.87. The van der Waals surface area contributed by atoms with E-state index in [2.05, 4.69) is 0 Å². The Kier molecular flexibility index (Phi) is 10.3. The number of nitrogens with two attached hydrogens (primary N) is 1. The van der Waals surface area contributed by atoms with Crippen LogP contribution in [0.15, 0.2) is 0 Å². The van der Waals surface area contributed by atoms with Gasteiger partial charge in [-0.3, -0.25) is 4.79 Å². The topological polar surface area (TPSA) is 109 Å². The lowest BCUT2D eigenvalue weighted by atomic mass is 10.0. The van der Waals surface area contributed by atoms with Crippen molar-refractivity contribution in [2.75, 3.05) is 39.6 Å². The lowest BCUT2D eigenvalue weighted by Gasteiger charge is -2.37. The fourth-order valence-electron chi connectivity index (χ4n) is 2.10. The SMILES string of the molecule is CCCOCCOCCOC1OC(COC(C)=O)CC(O)C1N. The molecule has 0 saturated carbocycles. The van der Waals surface area contributed by atoms with Gasteiger partial charge in [0.05, 0.1) is 44.7 Å². The Morgan fingerprint density at radius 1 is 1.22 bits per heavy atom. The molecule has 0 aromatic rings. The van der Waals surface area contributed by atoms with Crippen molar-refractivity contribution in [3.63, 3.8) is 0 Å². The van der Waals surface area contributed by atoms with Crippen LogP contribution >= 0.6 is 0 Å². The second kappa shape index (κ2) is 11.7. The van der Waals surface area contributed by atoms with E-state index in [-0.39, 0.29) is 6.61 Å². The van der Waals surface area contributed by atoms with Gasteiger partial charge in [-0.2, -0.15) is 0 Å². The number of aliphatic hydroxyl groups is 1. The molecule has 0 radical (unpaired) electrons. The zero-order chi connectivity index (χ0) is 17.1. The van der Waals surface area contributed by atoms with Crippen LogP contribution in [0.1, 0.15) is 26.7 Å². The van der Waals surface area contributed by atoms with Crippen LogP contribution in [0.25, 0.3) is 0 Å². The summed E-state index contributed by atoms with van der Waals surface area (Å²) in [4.78, 5) is 10.8. The highest BCUT2D eigenvalue weighted by Gasteiger charge is 2.36. The van der Waals surface area contributed by atoms with Crippen molar-refractivity contribution < 1.29 is 33.6 Å². The van der Waals surface area contributed by atoms with E-state index in [9.17, 15) is 9.90 Å². The van der Waals surface area contributed by atoms with E-state index in [1.165, 1.54) is 6.92 Å². The molecule has 0 aromatic carbocycles. The van der Waals surface area contributed by atoms with Crippen LogP contribution in [-0.4, -0.2) is 75.3 Å². The Bertz CT molecular complexity index is 329. The largest absolute Gasteiger partial charge is 0.463 e. The first kappa shape index (κ1) is 20.3. The molecular weight excluding hydrogens is 306 g/mol. The highest BCUT2D eigenvalue weighted by molar-refractivity contribution is 5.65. The predicted octanol–water partition coefficient (Wildman–Crippen LogP) is -0.187. The molecule has 1 fully saturated rings. The van der Waals surface area contributed by atoms with Gasteiger partial charge in [-0.25, -0.2) is 0 Å². The van der Waals surface area contributed by atoms with E-state index >= 15 is 0 Å². The van der Waals surface area contributed by atoms with Gasteiger partial charge < -0.3 is 34.5 Å². The molecule has 0 bridgehead atoms. The summed E-state index contributed by atoms with van der Waals surface area (Å²) in [5, 5.41) is 9.93. The molecule has 136 valence electrons. The smallest absolute Gasteiger partial charge is 0.302 e. The van der Waals surface area contributed by atoms with Gasteiger partial charge in [0, 0.05) is 20.0 Å². The van der Waals surface area contributed by atoms with E-state index in [1.807, 2.05) is 6.92 Å². The van der Waals surface area contributed by atoms with E-state index in [0.29, 0.717) is 32.8 Å². The molecule has 4 atom stereocenters. The van der Waals surface area contributed by atoms with E-state index in [4.69, 9.17) is 29.4 Å². The van der Waals surface area contributed by atoms with Gasteiger partial charge in [-0.15, -0.1) is 0 Å². The van der Waals surface area contributed by atoms with Crippen molar-refractivity contribution in [1.82, 2.24) is 0 Å². The molecule has 1 heterocycles. The number of carbonyl (C=O) groups excluding carboxylic acids is 1. The average Bonchev–Trinajstić information content (AvgIpc) is 2.52. The Morgan fingerprint density at radius 3 is 2.52 bits per heavy atom. The fraction of sp³-hybridized carbons (Fsp3) is 0.933. The predicted molar refractivity (Wildman–Crippen MR) is 81.8 cm³/mol. The van der Waals surface area contributed by atoms with Crippen LogP contribution in [0.2, 0.25) is 0 Å². The van der Waals surface area contributed by atoms with Gasteiger partial charge >= 0.3 is 5.97 Å². The molecule has 8 heteroatoms. The van der Waals surface area contributed by atoms with Crippen molar-refractivity contribution in [2.45, 2.75) is 51.2 Å². The molecule has 0 spiro atoms. The number of esters is 1. The normalized spacial score (nSPS) is 27.8. The Balaban J connectivity index is 2.18. The van der Waals surface area contributed by atoms with Crippen LogP contribution in [0.5, 0.6) is 0 Å². The van der Waals surface area contributed by atoms with Crippen molar-refractivity contribution in [2.24, 2.45) is 5.73 Å². The van der Waals surface area contributed by atoms with Crippen LogP contribution in [0, 0.1) is 0 Å². The number of rotatable bonds is 11. The number of carbonyl (C=O) groups is 1. The quantitative estimate of drug-likeness (QED) is 0.395. The van der Waals surface area contributed by atoms with E-state index in [1.54, 1.807) is 0 Å². The molecule has 1 rings (SSSR count). The monoisotopic (exact) mass is 335 g/mol. The van der Waals surface area contributed by atoms with Gasteiger partial charge in [0.1, 0.15) is 6.61 Å². The molecule has 1 saturated heterocycles. The standard InChI is InChI=1S/C15H29NO7/c1-3-4-19-5-6-20-7-8-21-15-14(16)13(18)9-12(23-15)10-22-11(2)17/h12-15,18H,3-10,16H2,1-2H3. The molecule has 0 aliphatic carbocycles. The molecule has 0 aromatic heterocycles. The summed E-state index contributed by atoms with van der Waals surface area (Å²) < 4.78 is 26.7. The van der Waals surface area contributed by atoms with Crippen molar-refractivity contribution in [3.05, 3.63) is 0 Å². The maximum atomic E-state index is 10.8. The zero-order valence-electron chi connectivity index (χ0n) is 13.9. The minimum Gasteiger partial charge on any atom is -0.463 e. The van der Waals surface area contributed by atoms with E-state index in [0.717, 1.165) is 13.0 Å². The molecule has 1 aliphatic rings. The number of aliphatic hydroxyl groups excluding tert-OH is 1. The molecular formula is C15H29NO7. The number of ether oxygens (including phenoxy) is 5. The summed E-state index contributed by atoms with van der Waals surface area (Å²) in [6.45, 7) is 5.89. The van der Waals surface area contributed by atoms with Gasteiger partial charge in [0.25, 0.3) is 0 Å². The minimum atomic E-state index is -0.766. The molecule has 4 unspecified atom stereocenters. The van der Waals surface area contributed by atoms with Crippen molar-refractivity contribution in [3.8, 4) is 0 Å². The molecule has 3 N–H and O–H groups in total. The minimum absolute atomic E-state index is 0.0737. The maximum absolute atomic E-state index is 10.8. The second-order valence-electron chi connectivity index (χ2n) is 5.41. The third-order valence-corrected chi connectivity index (χ3v) is 3.29. The Morgan fingerprint density at radius 2 is 1.87 bits per heavy atom. The summed E-state index contributed by atoms with van der Waals surface area (Å²) in [5.74, 6) is -0.394. The molecule has 1 aliphatic heterocycles. The molecule has 8 nitrogen and oxygen atoms in total. The fourth-order valence-corrected chi connectivity index (χ4v) is 2.10. The highest BCUT2D eigenvalue weighted by Crippen LogP contribution is 2.20. The third-order valence-electron chi connectivity index (χ3n) is 3.29. The van der Waals surface area contributed by atoms with Crippen LogP contribution in [0.3, 0.4) is 0 Å². The average molecular weight is 335 g/mol. The summed E-state index contributed by atoms with van der Waals surface area (Å²) >= 11 is 0. The van der Waals surface area contributed by atoms with E-state index < -0.39 is 30.5 Å². The molecule has 23 heavy (non-hydrogen) atoms. The van der Waals surface area contributed by atoms with Gasteiger partial charge in [-0.1, -0.05) is 6.92 Å². The first-order valence-corrected chi connectivity index (χ1v) is 8.04. The first-order chi connectivity index (χ1) is 11.0. The Labute approximate surface area is 137 Å². The zero-order valence-corrected chi connectivity index (χ0v) is 13.9. The molecule has 0 amide bonds. The van der Waals surface area contributed by atoms with Gasteiger partial charge in [0.2, 0.25) is 0 Å². The lowest BCUT2D eigenvalue weighted by Crippen LogP contribution is -2.55.